The molecule has 2 nitrogen and oxygen atoms in total. The van der Waals surface area contributed by atoms with Crippen molar-refractivity contribution in [2.75, 3.05) is 0 Å². The van der Waals surface area contributed by atoms with Crippen molar-refractivity contribution < 1.29 is 9.13 Å². The Morgan fingerprint density at radius 1 is 0.438 bits per heavy atom. The van der Waals surface area contributed by atoms with Crippen molar-refractivity contribution in [1.82, 2.24) is 0 Å². The summed E-state index contributed by atoms with van der Waals surface area (Å²) in [6.45, 7) is 20.9. The molecule has 2 aliphatic rings. The largest absolute Gasteiger partial charge is 0.259 e. The number of benzene rings is 4. The SMILES string of the molecule is CC(C)(C)c1ccc2c(c1)-c1cc(C(C)(C)C)cc[n+]1/C(=C1\Cc3cc4c(ccc5ccccc54)cc3-c3cc(C(C)(C)C)cc[n+]31)C2. The van der Waals surface area contributed by atoms with E-state index in [2.05, 4.69) is 175 Å². The van der Waals surface area contributed by atoms with Crippen LogP contribution in [0.25, 0.3) is 55.5 Å². The molecule has 8 rings (SSSR count). The summed E-state index contributed by atoms with van der Waals surface area (Å²) < 4.78 is 5.01. The maximum absolute atomic E-state index is 2.51. The van der Waals surface area contributed by atoms with Gasteiger partial charge in [0.05, 0.1) is 24.0 Å². The molecule has 2 aromatic heterocycles. The number of nitrogens with zero attached hydrogens (tertiary/aromatic N) is 2. The van der Waals surface area contributed by atoms with E-state index in [0.29, 0.717) is 0 Å². The topological polar surface area (TPSA) is 7.76 Å². The van der Waals surface area contributed by atoms with Gasteiger partial charge in [-0.05, 0) is 83.8 Å². The Balaban J connectivity index is 1.42. The van der Waals surface area contributed by atoms with Gasteiger partial charge in [0.2, 0.25) is 11.4 Å². The van der Waals surface area contributed by atoms with Crippen molar-refractivity contribution in [2.45, 2.75) is 91.4 Å². The standard InChI is InChI=1S/C46H48N2/c1-44(2,3)33-17-16-31-24-42(48-21-19-35(46(7,8)9)28-41(48)39(31)26-33)43-25-32-23-37-30(15-14-29-12-10-11-13-36(29)37)22-38(32)40-27-34(45(4,5)6)18-20-47(40)43/h10-23,26-28H,24-25H2,1-9H3/q+2/b43-42+. The van der Waals surface area contributed by atoms with Gasteiger partial charge in [-0.25, -0.2) is 0 Å². The van der Waals surface area contributed by atoms with Crippen LogP contribution in [-0.4, -0.2) is 0 Å². The zero-order chi connectivity index (χ0) is 33.7. The molecular formula is C46H48N2+2. The van der Waals surface area contributed by atoms with Gasteiger partial charge < -0.3 is 0 Å². The molecule has 0 atom stereocenters. The first-order chi connectivity index (χ1) is 22.7. The fourth-order valence-electron chi connectivity index (χ4n) is 7.75. The quantitative estimate of drug-likeness (QED) is 0.117. The Kier molecular flexibility index (Phi) is 6.71. The van der Waals surface area contributed by atoms with Crippen LogP contribution in [0.15, 0.2) is 103 Å². The third-order valence-corrected chi connectivity index (χ3v) is 10.8. The van der Waals surface area contributed by atoms with Gasteiger partial charge >= 0.3 is 0 Å². The number of allylic oxidation sites excluding steroid dienone is 2. The monoisotopic (exact) mass is 628 g/mol. The van der Waals surface area contributed by atoms with Gasteiger partial charge in [0.25, 0.3) is 11.4 Å². The summed E-state index contributed by atoms with van der Waals surface area (Å²) >= 11 is 0. The molecule has 240 valence electrons. The van der Waals surface area contributed by atoms with E-state index < -0.39 is 0 Å². The zero-order valence-electron chi connectivity index (χ0n) is 30.1. The summed E-state index contributed by atoms with van der Waals surface area (Å²) in [7, 11) is 0. The smallest absolute Gasteiger partial charge is 0.158 e. The molecule has 2 aliphatic heterocycles. The normalized spacial score (nSPS) is 16.0. The first kappa shape index (κ1) is 30.8. The van der Waals surface area contributed by atoms with Crippen LogP contribution in [0.2, 0.25) is 0 Å². The molecule has 2 heteroatoms. The number of hydrogen-bond acceptors (Lipinski definition) is 0. The van der Waals surface area contributed by atoms with E-state index in [1.165, 1.54) is 83.3 Å². The average Bonchev–Trinajstić information content (AvgIpc) is 3.04. The molecule has 4 heterocycles. The Bertz CT molecular complexity index is 2330. The Morgan fingerprint density at radius 3 is 1.56 bits per heavy atom. The molecule has 0 aliphatic carbocycles. The second-order valence-electron chi connectivity index (χ2n) is 17.2. The van der Waals surface area contributed by atoms with Gasteiger partial charge in [0.15, 0.2) is 12.4 Å². The van der Waals surface area contributed by atoms with Crippen LogP contribution in [0.1, 0.15) is 90.1 Å². The van der Waals surface area contributed by atoms with Crippen molar-refractivity contribution in [2.24, 2.45) is 0 Å². The van der Waals surface area contributed by atoms with E-state index in [1.54, 1.807) is 0 Å². The van der Waals surface area contributed by atoms with E-state index in [4.69, 9.17) is 0 Å². The molecule has 0 spiro atoms. The Morgan fingerprint density at radius 2 is 0.958 bits per heavy atom. The summed E-state index contributed by atoms with van der Waals surface area (Å²) in [4.78, 5) is 0. The molecule has 0 fully saturated rings. The first-order valence-corrected chi connectivity index (χ1v) is 17.6. The van der Waals surface area contributed by atoms with Crippen molar-refractivity contribution in [3.8, 4) is 22.5 Å². The molecule has 0 saturated carbocycles. The third-order valence-electron chi connectivity index (χ3n) is 10.8. The van der Waals surface area contributed by atoms with Gasteiger partial charge in [-0.2, -0.15) is 9.13 Å². The summed E-state index contributed by atoms with van der Waals surface area (Å²) in [6.07, 6.45) is 6.45. The number of aromatic nitrogens is 2. The van der Waals surface area contributed by atoms with Crippen LogP contribution in [0.5, 0.6) is 0 Å². The van der Waals surface area contributed by atoms with Gasteiger partial charge in [0, 0.05) is 24.3 Å². The molecule has 6 aromatic rings. The van der Waals surface area contributed by atoms with Crippen LogP contribution in [0, 0.1) is 0 Å². The second kappa shape index (κ2) is 10.5. The lowest BCUT2D eigenvalue weighted by Crippen LogP contribution is -2.47. The predicted octanol–water partition coefficient (Wildman–Crippen LogP) is 10.7. The lowest BCUT2D eigenvalue weighted by Gasteiger charge is -2.26. The molecule has 0 unspecified atom stereocenters. The molecule has 0 saturated heterocycles. The molecule has 0 N–H and O–H groups in total. The van der Waals surface area contributed by atoms with Crippen LogP contribution < -0.4 is 9.13 Å². The van der Waals surface area contributed by atoms with Crippen molar-refractivity contribution in [3.63, 3.8) is 0 Å². The number of rotatable bonds is 0. The number of fused-ring (bicyclic) bond motifs is 9. The highest BCUT2D eigenvalue weighted by Gasteiger charge is 2.40. The Labute approximate surface area is 286 Å². The predicted molar refractivity (Wildman–Crippen MR) is 202 cm³/mol. The van der Waals surface area contributed by atoms with Crippen LogP contribution >= 0.6 is 0 Å². The zero-order valence-corrected chi connectivity index (χ0v) is 30.1. The van der Waals surface area contributed by atoms with Crippen LogP contribution in [-0.2, 0) is 29.1 Å². The maximum atomic E-state index is 2.51. The minimum Gasteiger partial charge on any atom is -0.158 e. The van der Waals surface area contributed by atoms with Crippen LogP contribution in [0.3, 0.4) is 0 Å². The number of pyridine rings is 2. The van der Waals surface area contributed by atoms with Gasteiger partial charge in [-0.3, -0.25) is 0 Å². The summed E-state index contributed by atoms with van der Waals surface area (Å²) in [6, 6.07) is 35.1. The fraction of sp³-hybridized carbons (Fsp3) is 0.304. The molecule has 0 radical (unpaired) electrons. The second-order valence-corrected chi connectivity index (χ2v) is 17.2. The minimum atomic E-state index is 0.0484. The lowest BCUT2D eigenvalue weighted by molar-refractivity contribution is -0.602. The van der Waals surface area contributed by atoms with Crippen molar-refractivity contribution in [3.05, 3.63) is 131 Å². The third kappa shape index (κ3) is 5.00. The summed E-state index contributed by atoms with van der Waals surface area (Å²) in [5, 5.41) is 5.25. The van der Waals surface area contributed by atoms with E-state index in [0.717, 1.165) is 12.8 Å². The lowest BCUT2D eigenvalue weighted by atomic mass is 9.81. The summed E-state index contributed by atoms with van der Waals surface area (Å²) in [5.41, 5.74) is 15.1. The van der Waals surface area contributed by atoms with Gasteiger partial charge in [-0.1, -0.05) is 111 Å². The van der Waals surface area contributed by atoms with E-state index >= 15 is 0 Å². The van der Waals surface area contributed by atoms with E-state index in [9.17, 15) is 0 Å². The first-order valence-electron chi connectivity index (χ1n) is 17.6. The summed E-state index contributed by atoms with van der Waals surface area (Å²) in [5.74, 6) is 0. The highest BCUT2D eigenvalue weighted by Crippen LogP contribution is 2.41. The van der Waals surface area contributed by atoms with Crippen LogP contribution in [0.4, 0.5) is 0 Å². The highest BCUT2D eigenvalue weighted by molar-refractivity contribution is 6.09. The molecule has 0 amide bonds. The minimum absolute atomic E-state index is 0.0484. The Hall–Kier alpha value is -4.56. The van der Waals surface area contributed by atoms with Gasteiger partial charge in [-0.15, -0.1) is 0 Å². The van der Waals surface area contributed by atoms with E-state index in [1.807, 2.05) is 0 Å². The number of hydrogen-bond donors (Lipinski definition) is 0. The maximum Gasteiger partial charge on any atom is 0.259 e. The molecule has 4 aromatic carbocycles. The highest BCUT2D eigenvalue weighted by atomic mass is 15.1. The van der Waals surface area contributed by atoms with Gasteiger partial charge in [0.1, 0.15) is 0 Å². The average molecular weight is 629 g/mol. The molecule has 48 heavy (non-hydrogen) atoms. The molecular weight excluding hydrogens is 581 g/mol. The fourth-order valence-corrected chi connectivity index (χ4v) is 7.75. The van der Waals surface area contributed by atoms with Crippen molar-refractivity contribution >= 4 is 32.9 Å². The van der Waals surface area contributed by atoms with Crippen molar-refractivity contribution in [1.29, 1.82) is 0 Å². The van der Waals surface area contributed by atoms with E-state index in [-0.39, 0.29) is 16.2 Å². The molecule has 0 bridgehead atoms.